The summed E-state index contributed by atoms with van der Waals surface area (Å²) in [5, 5.41) is 12.9. The quantitative estimate of drug-likeness (QED) is 0.917. The van der Waals surface area contributed by atoms with Gasteiger partial charge in [-0.25, -0.2) is 4.79 Å². The third-order valence-electron chi connectivity index (χ3n) is 2.96. The number of hydrogen-bond acceptors (Lipinski definition) is 4. The number of hydrogen-bond donors (Lipinski definition) is 1. The number of carbonyl (C=O) groups excluding carboxylic acids is 1. The molecular weight excluding hydrogens is 310 g/mol. The van der Waals surface area contributed by atoms with Crippen molar-refractivity contribution in [3.63, 3.8) is 0 Å². The van der Waals surface area contributed by atoms with Crippen LogP contribution < -0.4 is 5.32 Å². The van der Waals surface area contributed by atoms with Crippen molar-refractivity contribution in [3.8, 4) is 0 Å². The van der Waals surface area contributed by atoms with Crippen LogP contribution in [0.15, 0.2) is 12.3 Å². The Morgan fingerprint density at radius 1 is 1.52 bits per heavy atom. The van der Waals surface area contributed by atoms with E-state index >= 15 is 0 Å². The fraction of sp³-hybridized carbons (Fsp3) is 0.462. The topological polar surface area (TPSA) is 63.1 Å². The predicted molar refractivity (Wildman–Crippen MR) is 84.8 cm³/mol. The largest absolute Gasteiger partial charge is 0.351 e. The summed E-state index contributed by atoms with van der Waals surface area (Å²) in [7, 11) is 3.62. The maximum Gasteiger partial charge on any atom is 0.323 e. The number of nitrogens with zero attached hydrogens (tertiary/aromatic N) is 4. The molecule has 0 bridgehead atoms. The van der Waals surface area contributed by atoms with Gasteiger partial charge in [0.1, 0.15) is 5.01 Å². The molecule has 2 aromatic heterocycles. The summed E-state index contributed by atoms with van der Waals surface area (Å²) in [5.41, 5.74) is 0.960. The van der Waals surface area contributed by atoms with Gasteiger partial charge in [0, 0.05) is 32.4 Å². The number of aryl methyl sites for hydroxylation is 2. The zero-order valence-electron chi connectivity index (χ0n) is 12.3. The lowest BCUT2D eigenvalue weighted by Gasteiger charge is -2.17. The standard InChI is InChI=1S/C13H18ClN5OS/c1-4-5-11-16-17-12(21-11)15-13(20)19(3)8-10-6-9(14)7-18(10)2/h6-7H,4-5,8H2,1-3H3,(H,15,17,20). The van der Waals surface area contributed by atoms with Gasteiger partial charge in [-0.3, -0.25) is 5.32 Å². The van der Waals surface area contributed by atoms with Gasteiger partial charge in [-0.2, -0.15) is 0 Å². The molecule has 1 N–H and O–H groups in total. The number of anilines is 1. The fourth-order valence-corrected chi connectivity index (χ4v) is 2.95. The number of carbonyl (C=O) groups is 1. The molecular formula is C13H18ClN5OS. The van der Waals surface area contributed by atoms with Crippen molar-refractivity contribution in [2.75, 3.05) is 12.4 Å². The lowest BCUT2D eigenvalue weighted by Crippen LogP contribution is -2.31. The van der Waals surface area contributed by atoms with E-state index in [1.54, 1.807) is 11.9 Å². The maximum absolute atomic E-state index is 12.1. The van der Waals surface area contributed by atoms with Crippen LogP contribution in [0.1, 0.15) is 24.0 Å². The van der Waals surface area contributed by atoms with E-state index in [2.05, 4.69) is 22.4 Å². The second-order valence-corrected chi connectivity index (χ2v) is 6.30. The summed E-state index contributed by atoms with van der Waals surface area (Å²) < 4.78 is 1.90. The second kappa shape index (κ2) is 6.91. The minimum atomic E-state index is -0.216. The molecule has 114 valence electrons. The van der Waals surface area contributed by atoms with E-state index < -0.39 is 0 Å². The molecule has 0 radical (unpaired) electrons. The van der Waals surface area contributed by atoms with Gasteiger partial charge in [-0.1, -0.05) is 29.9 Å². The molecule has 0 unspecified atom stereocenters. The Kier molecular flexibility index (Phi) is 5.19. The molecule has 0 aliphatic rings. The molecule has 6 nitrogen and oxygen atoms in total. The van der Waals surface area contributed by atoms with E-state index in [0.29, 0.717) is 16.7 Å². The molecule has 0 fully saturated rings. The molecule has 2 rings (SSSR count). The van der Waals surface area contributed by atoms with Gasteiger partial charge in [-0.05, 0) is 12.5 Å². The van der Waals surface area contributed by atoms with Crippen molar-refractivity contribution < 1.29 is 4.79 Å². The van der Waals surface area contributed by atoms with Gasteiger partial charge in [0.2, 0.25) is 5.13 Å². The third-order valence-corrected chi connectivity index (χ3v) is 4.07. The summed E-state index contributed by atoms with van der Waals surface area (Å²) in [5.74, 6) is 0. The van der Waals surface area contributed by atoms with E-state index in [4.69, 9.17) is 11.6 Å². The van der Waals surface area contributed by atoms with Crippen molar-refractivity contribution in [2.24, 2.45) is 7.05 Å². The van der Waals surface area contributed by atoms with Crippen molar-refractivity contribution in [1.29, 1.82) is 0 Å². The number of aromatic nitrogens is 3. The molecule has 0 spiro atoms. The Balaban J connectivity index is 1.94. The fourth-order valence-electron chi connectivity index (χ4n) is 1.84. The van der Waals surface area contributed by atoms with Gasteiger partial charge >= 0.3 is 6.03 Å². The highest BCUT2D eigenvalue weighted by Gasteiger charge is 2.14. The van der Waals surface area contributed by atoms with Gasteiger partial charge < -0.3 is 9.47 Å². The van der Waals surface area contributed by atoms with Crippen molar-refractivity contribution in [3.05, 3.63) is 28.0 Å². The van der Waals surface area contributed by atoms with Crippen LogP contribution in [0.4, 0.5) is 9.93 Å². The van der Waals surface area contributed by atoms with Crippen molar-refractivity contribution in [1.82, 2.24) is 19.7 Å². The number of nitrogens with one attached hydrogen (secondary N) is 1. The molecule has 2 heterocycles. The van der Waals surface area contributed by atoms with Gasteiger partial charge in [0.05, 0.1) is 11.6 Å². The lowest BCUT2D eigenvalue weighted by molar-refractivity contribution is 0.219. The van der Waals surface area contributed by atoms with Gasteiger partial charge in [-0.15, -0.1) is 10.2 Å². The molecule has 0 aliphatic heterocycles. The highest BCUT2D eigenvalue weighted by Crippen LogP contribution is 2.18. The zero-order valence-corrected chi connectivity index (χ0v) is 13.8. The van der Waals surface area contributed by atoms with Crippen LogP contribution in [-0.2, 0) is 20.0 Å². The average molecular weight is 328 g/mol. The Hall–Kier alpha value is -1.60. The minimum absolute atomic E-state index is 0.216. The van der Waals surface area contributed by atoms with Crippen LogP contribution in [0.2, 0.25) is 5.02 Å². The van der Waals surface area contributed by atoms with E-state index in [-0.39, 0.29) is 6.03 Å². The summed E-state index contributed by atoms with van der Waals surface area (Å²) in [6.45, 7) is 2.55. The Bertz CT molecular complexity index is 624. The molecule has 0 saturated heterocycles. The van der Waals surface area contributed by atoms with Crippen molar-refractivity contribution >= 4 is 34.1 Å². The van der Waals surface area contributed by atoms with Crippen LogP contribution in [0.5, 0.6) is 0 Å². The zero-order chi connectivity index (χ0) is 15.4. The molecule has 8 heteroatoms. The highest BCUT2D eigenvalue weighted by molar-refractivity contribution is 7.15. The number of rotatable bonds is 5. The Labute approximate surface area is 132 Å². The summed E-state index contributed by atoms with van der Waals surface area (Å²) in [4.78, 5) is 13.7. The number of urea groups is 1. The van der Waals surface area contributed by atoms with Crippen LogP contribution >= 0.6 is 22.9 Å². The summed E-state index contributed by atoms with van der Waals surface area (Å²) in [6.07, 6.45) is 3.70. The number of halogens is 1. The lowest BCUT2D eigenvalue weighted by atomic mass is 10.4. The number of amides is 2. The average Bonchev–Trinajstić information content (AvgIpc) is 2.97. The maximum atomic E-state index is 12.1. The van der Waals surface area contributed by atoms with Gasteiger partial charge in [0.25, 0.3) is 0 Å². The monoisotopic (exact) mass is 327 g/mol. The molecule has 2 amide bonds. The molecule has 2 aromatic rings. The van der Waals surface area contributed by atoms with Crippen LogP contribution in [0.25, 0.3) is 0 Å². The Morgan fingerprint density at radius 3 is 2.90 bits per heavy atom. The van der Waals surface area contributed by atoms with Crippen molar-refractivity contribution in [2.45, 2.75) is 26.3 Å². The Morgan fingerprint density at radius 2 is 2.29 bits per heavy atom. The first kappa shape index (κ1) is 15.8. The third kappa shape index (κ3) is 4.18. The van der Waals surface area contributed by atoms with E-state index in [1.807, 2.05) is 23.9 Å². The predicted octanol–water partition coefficient (Wildman–Crippen LogP) is 3.15. The van der Waals surface area contributed by atoms with E-state index in [0.717, 1.165) is 23.5 Å². The minimum Gasteiger partial charge on any atom is -0.351 e. The first-order valence-electron chi connectivity index (χ1n) is 6.64. The summed E-state index contributed by atoms with van der Waals surface area (Å²) in [6, 6.07) is 1.63. The molecule has 0 aliphatic carbocycles. The van der Waals surface area contributed by atoms with Crippen LogP contribution in [0, 0.1) is 0 Å². The molecule has 0 saturated carbocycles. The normalized spacial score (nSPS) is 10.7. The summed E-state index contributed by atoms with van der Waals surface area (Å²) >= 11 is 7.34. The van der Waals surface area contributed by atoms with E-state index in [9.17, 15) is 4.79 Å². The van der Waals surface area contributed by atoms with Crippen LogP contribution in [0.3, 0.4) is 0 Å². The molecule has 0 atom stereocenters. The molecule has 21 heavy (non-hydrogen) atoms. The highest BCUT2D eigenvalue weighted by atomic mass is 35.5. The molecule has 0 aromatic carbocycles. The SMILES string of the molecule is CCCc1nnc(NC(=O)N(C)Cc2cc(Cl)cn2C)s1. The van der Waals surface area contributed by atoms with E-state index in [1.165, 1.54) is 11.3 Å². The second-order valence-electron chi connectivity index (χ2n) is 4.80. The first-order valence-corrected chi connectivity index (χ1v) is 7.84. The van der Waals surface area contributed by atoms with Gasteiger partial charge in [0.15, 0.2) is 0 Å². The smallest absolute Gasteiger partial charge is 0.323 e. The van der Waals surface area contributed by atoms with Crippen LogP contribution in [-0.4, -0.2) is 32.7 Å². The first-order chi connectivity index (χ1) is 9.99.